The maximum atomic E-state index is 6.29. The lowest BCUT2D eigenvalue weighted by Crippen LogP contribution is -2.38. The number of rotatable bonds is 5. The number of nitrogens with two attached hydrogens (primary N) is 1. The van der Waals surface area contributed by atoms with Gasteiger partial charge in [0.05, 0.1) is 6.04 Å². The molecular weight excluding hydrogens is 208 g/mol. The fourth-order valence-corrected chi connectivity index (χ4v) is 2.47. The molecule has 1 aromatic rings. The van der Waals surface area contributed by atoms with E-state index in [1.54, 1.807) is 0 Å². The summed E-state index contributed by atoms with van der Waals surface area (Å²) < 4.78 is 0. The van der Waals surface area contributed by atoms with E-state index in [-0.39, 0.29) is 5.54 Å². The Bertz CT molecular complexity index is 365. The Hall–Kier alpha value is -0.860. The van der Waals surface area contributed by atoms with Crippen LogP contribution >= 0.6 is 0 Å². The maximum Gasteiger partial charge on any atom is 0.0500 e. The first-order valence-corrected chi connectivity index (χ1v) is 6.66. The Labute approximate surface area is 105 Å². The van der Waals surface area contributed by atoms with Gasteiger partial charge in [-0.15, -0.1) is 0 Å². The summed E-state index contributed by atoms with van der Waals surface area (Å²) in [5.41, 5.74) is 9.03. The van der Waals surface area contributed by atoms with E-state index in [1.807, 2.05) is 7.05 Å². The molecule has 0 saturated heterocycles. The van der Waals surface area contributed by atoms with Crippen molar-refractivity contribution in [1.82, 2.24) is 5.32 Å². The van der Waals surface area contributed by atoms with Crippen LogP contribution in [0.3, 0.4) is 0 Å². The third-order valence-corrected chi connectivity index (χ3v) is 4.14. The molecule has 1 aromatic carbocycles. The first-order chi connectivity index (χ1) is 8.10. The Morgan fingerprint density at radius 1 is 1.24 bits per heavy atom. The molecule has 0 aliphatic heterocycles. The highest BCUT2D eigenvalue weighted by atomic mass is 15.0. The average Bonchev–Trinajstić information content (AvgIpc) is 3.09. The second-order valence-corrected chi connectivity index (χ2v) is 5.43. The van der Waals surface area contributed by atoms with Gasteiger partial charge in [0.25, 0.3) is 0 Å². The Morgan fingerprint density at radius 2 is 1.76 bits per heavy atom. The SMILES string of the molecule is CCC(C)c1ccc(C(NC)C2(N)CC2)cc1. The third kappa shape index (κ3) is 2.53. The van der Waals surface area contributed by atoms with Gasteiger partial charge in [-0.05, 0) is 43.4 Å². The zero-order valence-electron chi connectivity index (χ0n) is 11.2. The van der Waals surface area contributed by atoms with Crippen LogP contribution in [0, 0.1) is 0 Å². The first-order valence-electron chi connectivity index (χ1n) is 6.66. The second kappa shape index (κ2) is 4.79. The van der Waals surface area contributed by atoms with Crippen molar-refractivity contribution in [2.75, 3.05) is 7.05 Å². The van der Waals surface area contributed by atoms with E-state index in [4.69, 9.17) is 5.73 Å². The van der Waals surface area contributed by atoms with Gasteiger partial charge in [-0.3, -0.25) is 0 Å². The van der Waals surface area contributed by atoms with Gasteiger partial charge in [0, 0.05) is 5.54 Å². The highest BCUT2D eigenvalue weighted by molar-refractivity contribution is 5.31. The first kappa shape index (κ1) is 12.6. The summed E-state index contributed by atoms with van der Waals surface area (Å²) in [5.74, 6) is 0.643. The highest BCUT2D eigenvalue weighted by Gasteiger charge is 2.45. The zero-order chi connectivity index (χ0) is 12.5. The summed E-state index contributed by atoms with van der Waals surface area (Å²) in [4.78, 5) is 0. The average molecular weight is 232 g/mol. The van der Waals surface area contributed by atoms with Gasteiger partial charge in [0.2, 0.25) is 0 Å². The lowest BCUT2D eigenvalue weighted by atomic mass is 9.93. The minimum Gasteiger partial charge on any atom is -0.323 e. The molecule has 0 amide bonds. The maximum absolute atomic E-state index is 6.29. The van der Waals surface area contributed by atoms with Crippen LogP contribution in [0.15, 0.2) is 24.3 Å². The Morgan fingerprint density at radius 3 is 2.18 bits per heavy atom. The number of hydrogen-bond donors (Lipinski definition) is 2. The smallest absolute Gasteiger partial charge is 0.0500 e. The third-order valence-electron chi connectivity index (χ3n) is 4.14. The van der Waals surface area contributed by atoms with E-state index >= 15 is 0 Å². The van der Waals surface area contributed by atoms with Crippen LogP contribution in [0.1, 0.15) is 56.2 Å². The van der Waals surface area contributed by atoms with E-state index in [1.165, 1.54) is 17.5 Å². The predicted octanol–water partition coefficient (Wildman–Crippen LogP) is 2.95. The van der Waals surface area contributed by atoms with Crippen LogP contribution in [0.2, 0.25) is 0 Å². The fourth-order valence-electron chi connectivity index (χ4n) is 2.47. The molecule has 94 valence electrons. The summed E-state index contributed by atoms with van der Waals surface area (Å²) in [7, 11) is 2.00. The predicted molar refractivity (Wildman–Crippen MR) is 73.1 cm³/mol. The lowest BCUT2D eigenvalue weighted by Gasteiger charge is -2.24. The van der Waals surface area contributed by atoms with Crippen LogP contribution in [-0.2, 0) is 0 Å². The molecule has 0 bridgehead atoms. The van der Waals surface area contributed by atoms with Crippen LogP contribution in [0.25, 0.3) is 0 Å². The van der Waals surface area contributed by atoms with Crippen molar-refractivity contribution in [1.29, 1.82) is 0 Å². The molecule has 0 spiro atoms. The van der Waals surface area contributed by atoms with Gasteiger partial charge >= 0.3 is 0 Å². The summed E-state index contributed by atoms with van der Waals surface area (Å²) in [6.45, 7) is 4.50. The topological polar surface area (TPSA) is 38.0 Å². The minimum absolute atomic E-state index is 0.00730. The molecule has 0 radical (unpaired) electrons. The lowest BCUT2D eigenvalue weighted by molar-refractivity contribution is 0.461. The van der Waals surface area contributed by atoms with Crippen molar-refractivity contribution in [3.05, 3.63) is 35.4 Å². The normalized spacial score (nSPS) is 20.9. The van der Waals surface area contributed by atoms with E-state index in [9.17, 15) is 0 Å². The van der Waals surface area contributed by atoms with Gasteiger partial charge in [-0.25, -0.2) is 0 Å². The van der Waals surface area contributed by atoms with E-state index < -0.39 is 0 Å². The van der Waals surface area contributed by atoms with Crippen molar-refractivity contribution in [3.8, 4) is 0 Å². The standard InChI is InChI=1S/C15H24N2/c1-4-11(2)12-5-7-13(8-6-12)14(17-3)15(16)9-10-15/h5-8,11,14,17H,4,9-10,16H2,1-3H3. The molecule has 3 N–H and O–H groups in total. The van der Waals surface area contributed by atoms with Crippen LogP contribution in [0.4, 0.5) is 0 Å². The van der Waals surface area contributed by atoms with E-state index in [0.29, 0.717) is 12.0 Å². The summed E-state index contributed by atoms with van der Waals surface area (Å²) >= 11 is 0. The van der Waals surface area contributed by atoms with Gasteiger partial charge in [0.15, 0.2) is 0 Å². The molecule has 0 heterocycles. The number of benzene rings is 1. The molecule has 2 nitrogen and oxygen atoms in total. The van der Waals surface area contributed by atoms with Crippen molar-refractivity contribution in [3.63, 3.8) is 0 Å². The van der Waals surface area contributed by atoms with Gasteiger partial charge in [-0.2, -0.15) is 0 Å². The van der Waals surface area contributed by atoms with Crippen molar-refractivity contribution >= 4 is 0 Å². The number of hydrogen-bond acceptors (Lipinski definition) is 2. The van der Waals surface area contributed by atoms with Crippen molar-refractivity contribution in [2.45, 2.75) is 50.6 Å². The summed E-state index contributed by atoms with van der Waals surface area (Å²) in [6.07, 6.45) is 3.45. The minimum atomic E-state index is -0.00730. The molecule has 1 fully saturated rings. The van der Waals surface area contributed by atoms with Gasteiger partial charge < -0.3 is 11.1 Å². The molecule has 2 rings (SSSR count). The molecule has 2 atom stereocenters. The van der Waals surface area contributed by atoms with Crippen molar-refractivity contribution < 1.29 is 0 Å². The molecule has 2 heteroatoms. The largest absolute Gasteiger partial charge is 0.323 e. The monoisotopic (exact) mass is 232 g/mol. The summed E-state index contributed by atoms with van der Waals surface area (Å²) in [6, 6.07) is 9.26. The molecule has 1 saturated carbocycles. The van der Waals surface area contributed by atoms with Crippen molar-refractivity contribution in [2.24, 2.45) is 5.73 Å². The van der Waals surface area contributed by atoms with Crippen LogP contribution in [-0.4, -0.2) is 12.6 Å². The van der Waals surface area contributed by atoms with Gasteiger partial charge in [-0.1, -0.05) is 38.1 Å². The van der Waals surface area contributed by atoms with Crippen LogP contribution < -0.4 is 11.1 Å². The zero-order valence-corrected chi connectivity index (χ0v) is 11.2. The fraction of sp³-hybridized carbons (Fsp3) is 0.600. The quantitative estimate of drug-likeness (QED) is 0.819. The van der Waals surface area contributed by atoms with Gasteiger partial charge in [0.1, 0.15) is 0 Å². The Kier molecular flexibility index (Phi) is 3.55. The van der Waals surface area contributed by atoms with E-state index in [2.05, 4.69) is 43.4 Å². The molecule has 1 aliphatic rings. The molecule has 1 aliphatic carbocycles. The van der Waals surface area contributed by atoms with E-state index in [0.717, 1.165) is 12.8 Å². The van der Waals surface area contributed by atoms with Crippen LogP contribution in [0.5, 0.6) is 0 Å². The molecule has 2 unspecified atom stereocenters. The number of likely N-dealkylation sites (N-methyl/N-ethyl adjacent to an activating group) is 1. The number of nitrogens with one attached hydrogen (secondary N) is 1. The Balaban J connectivity index is 2.16. The highest BCUT2D eigenvalue weighted by Crippen LogP contribution is 2.43. The molecule has 0 aromatic heterocycles. The second-order valence-electron chi connectivity index (χ2n) is 5.43. The summed E-state index contributed by atoms with van der Waals surface area (Å²) in [5, 5.41) is 3.36. The molecular formula is C15H24N2. The molecule has 17 heavy (non-hydrogen) atoms.